The van der Waals surface area contributed by atoms with Crippen LogP contribution in [0.15, 0.2) is 18.2 Å². The maximum Gasteiger partial charge on any atom is 0.171 e. The lowest BCUT2D eigenvalue weighted by Crippen LogP contribution is -3.21. The second kappa shape index (κ2) is 8.05. The van der Waals surface area contributed by atoms with E-state index in [-0.39, 0.29) is 0 Å². The van der Waals surface area contributed by atoms with Gasteiger partial charge in [-0.15, -0.1) is 0 Å². The number of piperidine rings is 2. The third-order valence-electron chi connectivity index (χ3n) is 5.91. The number of hydrogen-bond acceptors (Lipinski definition) is 1. The maximum atomic E-state index is 5.62. The highest BCUT2D eigenvalue weighted by Crippen LogP contribution is 2.23. The van der Waals surface area contributed by atoms with Gasteiger partial charge in [-0.1, -0.05) is 26.0 Å². The highest BCUT2D eigenvalue weighted by Gasteiger charge is 2.41. The monoisotopic (exact) mass is 360 g/mol. The molecule has 1 aromatic carbocycles. The van der Waals surface area contributed by atoms with Crippen molar-refractivity contribution in [3.8, 4) is 0 Å². The van der Waals surface area contributed by atoms with Crippen molar-refractivity contribution < 1.29 is 4.90 Å². The minimum absolute atomic E-state index is 0.524. The Bertz CT molecular complexity index is 599. The van der Waals surface area contributed by atoms with Crippen molar-refractivity contribution in [2.45, 2.75) is 77.9 Å². The fourth-order valence-corrected chi connectivity index (χ4v) is 5.05. The second-order valence-electron chi connectivity index (χ2n) is 8.58. The van der Waals surface area contributed by atoms with Crippen LogP contribution in [-0.4, -0.2) is 29.8 Å². The summed E-state index contributed by atoms with van der Waals surface area (Å²) < 4.78 is 0. The van der Waals surface area contributed by atoms with Gasteiger partial charge in [0.05, 0.1) is 18.6 Å². The third kappa shape index (κ3) is 4.73. The first-order chi connectivity index (χ1) is 11.9. The predicted octanol–water partition coefficient (Wildman–Crippen LogP) is 3.21. The van der Waals surface area contributed by atoms with Crippen molar-refractivity contribution in [1.82, 2.24) is 5.32 Å². The van der Waals surface area contributed by atoms with Crippen LogP contribution in [0, 0.1) is 19.8 Å². The number of benzene rings is 1. The largest absolute Gasteiger partial charge is 0.359 e. The van der Waals surface area contributed by atoms with Crippen LogP contribution in [0.3, 0.4) is 0 Å². The predicted molar refractivity (Wildman–Crippen MR) is 110 cm³/mol. The summed E-state index contributed by atoms with van der Waals surface area (Å²) in [5.41, 5.74) is 3.62. The van der Waals surface area contributed by atoms with Gasteiger partial charge < -0.3 is 15.5 Å². The van der Waals surface area contributed by atoms with Gasteiger partial charge in [0, 0.05) is 30.5 Å². The minimum Gasteiger partial charge on any atom is -0.359 e. The van der Waals surface area contributed by atoms with E-state index in [0.29, 0.717) is 6.04 Å². The van der Waals surface area contributed by atoms with E-state index in [2.05, 4.69) is 56.5 Å². The van der Waals surface area contributed by atoms with Crippen LogP contribution in [0.5, 0.6) is 0 Å². The molecule has 2 heterocycles. The molecule has 25 heavy (non-hydrogen) atoms. The normalized spacial score (nSPS) is 28.7. The van der Waals surface area contributed by atoms with Crippen LogP contribution in [-0.2, 0) is 0 Å². The maximum absolute atomic E-state index is 5.62. The van der Waals surface area contributed by atoms with Gasteiger partial charge in [-0.3, -0.25) is 0 Å². The number of nitrogens with one attached hydrogen (secondary N) is 3. The molecule has 2 aliphatic rings. The van der Waals surface area contributed by atoms with Crippen molar-refractivity contribution in [2.24, 2.45) is 5.92 Å². The molecule has 2 aliphatic heterocycles. The summed E-state index contributed by atoms with van der Waals surface area (Å²) in [5, 5.41) is 7.83. The summed E-state index contributed by atoms with van der Waals surface area (Å²) in [6.07, 6.45) is 6.69. The molecule has 2 saturated heterocycles. The average molecular weight is 361 g/mol. The number of thiocarbonyl (C=S) groups is 1. The zero-order chi connectivity index (χ0) is 18.0. The molecule has 4 heteroatoms. The van der Waals surface area contributed by atoms with Crippen LogP contribution >= 0.6 is 12.2 Å². The van der Waals surface area contributed by atoms with Gasteiger partial charge >= 0.3 is 0 Å². The zero-order valence-corrected chi connectivity index (χ0v) is 17.0. The molecule has 2 unspecified atom stereocenters. The van der Waals surface area contributed by atoms with Gasteiger partial charge in [-0.25, -0.2) is 0 Å². The van der Waals surface area contributed by atoms with Crippen molar-refractivity contribution in [1.29, 1.82) is 0 Å². The summed E-state index contributed by atoms with van der Waals surface area (Å²) in [7, 11) is 0. The van der Waals surface area contributed by atoms with E-state index in [0.717, 1.165) is 28.8 Å². The molecule has 0 aromatic heterocycles. The fourth-order valence-electron chi connectivity index (χ4n) is 4.77. The summed E-state index contributed by atoms with van der Waals surface area (Å²) in [5.74, 6) is 0.787. The molecule has 0 radical (unpaired) electrons. The lowest BCUT2D eigenvalue weighted by molar-refractivity contribution is -0.963. The van der Waals surface area contributed by atoms with E-state index in [1.54, 1.807) is 0 Å². The Hall–Kier alpha value is -1.13. The summed E-state index contributed by atoms with van der Waals surface area (Å²) >= 11 is 5.62. The molecule has 138 valence electrons. The summed E-state index contributed by atoms with van der Waals surface area (Å²) in [4.78, 5) is 1.87. The van der Waals surface area contributed by atoms with Gasteiger partial charge in [0.25, 0.3) is 0 Å². The number of hydrogen-bond donors (Lipinski definition) is 3. The van der Waals surface area contributed by atoms with Crippen LogP contribution in [0.4, 0.5) is 5.69 Å². The van der Waals surface area contributed by atoms with Crippen LogP contribution < -0.4 is 15.5 Å². The quantitative estimate of drug-likeness (QED) is 0.720. The van der Waals surface area contributed by atoms with Crippen LogP contribution in [0.25, 0.3) is 0 Å². The molecule has 3 N–H and O–H groups in total. The Kier molecular flexibility index (Phi) is 6.00. The van der Waals surface area contributed by atoms with Gasteiger partial charge in [-0.05, 0) is 62.5 Å². The molecule has 3 nitrogen and oxygen atoms in total. The first kappa shape index (κ1) is 18.7. The minimum atomic E-state index is 0.524. The summed E-state index contributed by atoms with van der Waals surface area (Å²) in [6, 6.07) is 8.63. The Balaban J connectivity index is 1.58. The van der Waals surface area contributed by atoms with Gasteiger partial charge in [0.1, 0.15) is 0 Å². The van der Waals surface area contributed by atoms with Crippen LogP contribution in [0.2, 0.25) is 0 Å². The Labute approximate surface area is 158 Å². The van der Waals surface area contributed by atoms with Gasteiger partial charge in [0.15, 0.2) is 5.11 Å². The molecular weight excluding hydrogens is 326 g/mol. The SMILES string of the molecule is Cc1ccc(C)c(NC(=S)NC2C[C@H]3CCC[C@@H](C2)[NH+]3CC(C)C)c1. The lowest BCUT2D eigenvalue weighted by atomic mass is 9.81. The molecule has 3 rings (SSSR count). The van der Waals surface area contributed by atoms with Crippen molar-refractivity contribution in [2.75, 3.05) is 11.9 Å². The van der Waals surface area contributed by atoms with E-state index in [1.807, 2.05) is 4.90 Å². The van der Waals surface area contributed by atoms with E-state index in [4.69, 9.17) is 12.2 Å². The number of anilines is 1. The number of rotatable bonds is 4. The van der Waals surface area contributed by atoms with Crippen molar-refractivity contribution in [3.05, 3.63) is 29.3 Å². The number of fused-ring (bicyclic) bond motifs is 2. The van der Waals surface area contributed by atoms with Gasteiger partial charge in [0.2, 0.25) is 0 Å². The third-order valence-corrected chi connectivity index (χ3v) is 6.13. The zero-order valence-electron chi connectivity index (χ0n) is 16.2. The fraction of sp³-hybridized carbons (Fsp3) is 0.667. The van der Waals surface area contributed by atoms with E-state index in [9.17, 15) is 0 Å². The molecule has 0 amide bonds. The molecule has 2 fully saturated rings. The molecule has 2 bridgehead atoms. The molecule has 0 spiro atoms. The topological polar surface area (TPSA) is 28.5 Å². The smallest absolute Gasteiger partial charge is 0.171 e. The Morgan fingerprint density at radius 2 is 1.88 bits per heavy atom. The second-order valence-corrected chi connectivity index (χ2v) is 8.99. The molecule has 1 aromatic rings. The highest BCUT2D eigenvalue weighted by molar-refractivity contribution is 7.80. The van der Waals surface area contributed by atoms with Crippen molar-refractivity contribution >= 4 is 23.0 Å². The Morgan fingerprint density at radius 3 is 2.52 bits per heavy atom. The lowest BCUT2D eigenvalue weighted by Gasteiger charge is -2.46. The average Bonchev–Trinajstić information content (AvgIpc) is 2.51. The number of quaternary nitrogens is 1. The van der Waals surface area contributed by atoms with Crippen molar-refractivity contribution in [3.63, 3.8) is 0 Å². The van der Waals surface area contributed by atoms with Gasteiger partial charge in [-0.2, -0.15) is 0 Å². The van der Waals surface area contributed by atoms with E-state index in [1.165, 1.54) is 49.8 Å². The molecular formula is C21H34N3S+. The van der Waals surface area contributed by atoms with Crippen LogP contribution in [0.1, 0.15) is 57.1 Å². The van der Waals surface area contributed by atoms with E-state index >= 15 is 0 Å². The number of aryl methyl sites for hydroxylation is 2. The molecule has 4 atom stereocenters. The molecule has 0 aliphatic carbocycles. The highest BCUT2D eigenvalue weighted by atomic mass is 32.1. The first-order valence-electron chi connectivity index (χ1n) is 9.92. The Morgan fingerprint density at radius 1 is 1.20 bits per heavy atom. The molecule has 0 saturated carbocycles. The standard InChI is InChI=1S/C21H33N3S/c1-14(2)13-24-18-6-5-7-19(24)12-17(11-18)22-21(25)23-20-10-15(3)8-9-16(20)4/h8-10,14,17-19H,5-7,11-13H2,1-4H3,(H2,22,23,25)/p+1/t17?,18-,19+. The summed E-state index contributed by atoms with van der Waals surface area (Å²) in [6.45, 7) is 10.3. The first-order valence-corrected chi connectivity index (χ1v) is 10.3. The van der Waals surface area contributed by atoms with E-state index < -0.39 is 0 Å².